The second-order valence-corrected chi connectivity index (χ2v) is 3.88. The van der Waals surface area contributed by atoms with Crippen LogP contribution in [0, 0.1) is 0 Å². The summed E-state index contributed by atoms with van der Waals surface area (Å²) in [6.07, 6.45) is 2.45. The average Bonchev–Trinajstić information content (AvgIpc) is 2.99. The maximum absolute atomic E-state index is 5.48. The molecule has 0 saturated carbocycles. The Morgan fingerprint density at radius 2 is 2.24 bits per heavy atom. The number of hydrogen-bond donors (Lipinski definition) is 0. The lowest BCUT2D eigenvalue weighted by atomic mass is 10.3. The molecular formula is C11H19N3O3. The highest BCUT2D eigenvalue weighted by Crippen LogP contribution is 2.21. The van der Waals surface area contributed by atoms with Gasteiger partial charge in [-0.1, -0.05) is 5.21 Å². The molecule has 0 aromatic carbocycles. The zero-order valence-corrected chi connectivity index (χ0v) is 10.3. The van der Waals surface area contributed by atoms with Gasteiger partial charge >= 0.3 is 0 Å². The minimum absolute atomic E-state index is 0.292. The fraction of sp³-hybridized carbons (Fsp3) is 0.818. The van der Waals surface area contributed by atoms with Gasteiger partial charge in [0, 0.05) is 19.8 Å². The van der Waals surface area contributed by atoms with Crippen LogP contribution < -0.4 is 0 Å². The van der Waals surface area contributed by atoms with Crippen molar-refractivity contribution in [2.75, 3.05) is 26.4 Å². The fourth-order valence-electron chi connectivity index (χ4n) is 1.83. The highest BCUT2D eigenvalue weighted by Gasteiger charge is 2.22. The van der Waals surface area contributed by atoms with Crippen molar-refractivity contribution < 1.29 is 14.2 Å². The van der Waals surface area contributed by atoms with E-state index in [-0.39, 0.29) is 0 Å². The average molecular weight is 241 g/mol. The van der Waals surface area contributed by atoms with E-state index in [9.17, 15) is 0 Å². The Kier molecular flexibility index (Phi) is 4.47. The van der Waals surface area contributed by atoms with Crippen LogP contribution in [-0.4, -0.2) is 41.4 Å². The fourth-order valence-corrected chi connectivity index (χ4v) is 1.83. The number of hydrogen-bond acceptors (Lipinski definition) is 5. The van der Waals surface area contributed by atoms with Crippen LogP contribution in [0.3, 0.4) is 0 Å². The third-order valence-corrected chi connectivity index (χ3v) is 2.69. The Balaban J connectivity index is 2.03. The monoisotopic (exact) mass is 241 g/mol. The van der Waals surface area contributed by atoms with Gasteiger partial charge in [0.2, 0.25) is 6.29 Å². The standard InChI is InChI=1S/C11H19N3O3/c1-3-16-11(17-4-2)10-7-14(13-12-10)9-5-6-15-8-9/h7,9,11H,3-6,8H2,1-2H3. The number of ether oxygens (including phenoxy) is 3. The molecule has 0 radical (unpaired) electrons. The summed E-state index contributed by atoms with van der Waals surface area (Å²) < 4.78 is 18.1. The minimum Gasteiger partial charge on any atom is -0.379 e. The smallest absolute Gasteiger partial charge is 0.204 e. The van der Waals surface area contributed by atoms with Crippen molar-refractivity contribution in [1.29, 1.82) is 0 Å². The van der Waals surface area contributed by atoms with Crippen molar-refractivity contribution in [3.8, 4) is 0 Å². The summed E-state index contributed by atoms with van der Waals surface area (Å²) in [6, 6.07) is 0.292. The van der Waals surface area contributed by atoms with Crippen LogP contribution in [0.4, 0.5) is 0 Å². The van der Waals surface area contributed by atoms with E-state index in [2.05, 4.69) is 10.3 Å². The first-order valence-electron chi connectivity index (χ1n) is 6.07. The van der Waals surface area contributed by atoms with Crippen LogP contribution in [-0.2, 0) is 14.2 Å². The number of nitrogens with zero attached hydrogens (tertiary/aromatic N) is 3. The molecule has 1 atom stereocenters. The minimum atomic E-state index is -0.416. The van der Waals surface area contributed by atoms with Crippen molar-refractivity contribution in [3.05, 3.63) is 11.9 Å². The van der Waals surface area contributed by atoms with E-state index in [4.69, 9.17) is 14.2 Å². The van der Waals surface area contributed by atoms with Crippen molar-refractivity contribution in [2.45, 2.75) is 32.6 Å². The molecule has 1 fully saturated rings. The maximum Gasteiger partial charge on any atom is 0.204 e. The van der Waals surface area contributed by atoms with Crippen LogP contribution in [0.15, 0.2) is 6.20 Å². The van der Waals surface area contributed by atoms with Crippen molar-refractivity contribution >= 4 is 0 Å². The first-order valence-corrected chi connectivity index (χ1v) is 6.07. The second-order valence-electron chi connectivity index (χ2n) is 3.88. The Morgan fingerprint density at radius 1 is 1.47 bits per heavy atom. The van der Waals surface area contributed by atoms with E-state index in [1.807, 2.05) is 24.7 Å². The van der Waals surface area contributed by atoms with E-state index in [1.165, 1.54) is 0 Å². The zero-order valence-electron chi connectivity index (χ0n) is 10.3. The van der Waals surface area contributed by atoms with E-state index in [1.54, 1.807) is 0 Å². The summed E-state index contributed by atoms with van der Waals surface area (Å²) in [5.41, 5.74) is 0.723. The molecule has 1 aliphatic heterocycles. The highest BCUT2D eigenvalue weighted by atomic mass is 16.7. The predicted octanol–water partition coefficient (Wildman–Crippen LogP) is 1.31. The van der Waals surface area contributed by atoms with Gasteiger partial charge in [0.25, 0.3) is 0 Å². The van der Waals surface area contributed by atoms with Gasteiger partial charge < -0.3 is 14.2 Å². The molecule has 0 bridgehead atoms. The second kappa shape index (κ2) is 6.09. The molecule has 2 heterocycles. The Hall–Kier alpha value is -0.980. The lowest BCUT2D eigenvalue weighted by Crippen LogP contribution is -2.10. The molecule has 0 N–H and O–H groups in total. The summed E-state index contributed by atoms with van der Waals surface area (Å²) in [7, 11) is 0. The van der Waals surface area contributed by atoms with Crippen LogP contribution in [0.5, 0.6) is 0 Å². The topological polar surface area (TPSA) is 58.4 Å². The van der Waals surface area contributed by atoms with Crippen LogP contribution >= 0.6 is 0 Å². The normalized spacial score (nSPS) is 20.3. The van der Waals surface area contributed by atoms with Crippen LogP contribution in [0.2, 0.25) is 0 Å². The van der Waals surface area contributed by atoms with Gasteiger partial charge in [-0.3, -0.25) is 0 Å². The highest BCUT2D eigenvalue weighted by molar-refractivity contribution is 4.96. The molecule has 0 aliphatic carbocycles. The number of rotatable bonds is 6. The summed E-state index contributed by atoms with van der Waals surface area (Å²) in [5.74, 6) is 0. The van der Waals surface area contributed by atoms with E-state index < -0.39 is 6.29 Å². The SMILES string of the molecule is CCOC(OCC)c1cn(C2CCOC2)nn1. The summed E-state index contributed by atoms with van der Waals surface area (Å²) >= 11 is 0. The van der Waals surface area contributed by atoms with Crippen LogP contribution in [0.1, 0.15) is 38.3 Å². The van der Waals surface area contributed by atoms with Crippen LogP contribution in [0.25, 0.3) is 0 Å². The number of aromatic nitrogens is 3. The molecule has 96 valence electrons. The van der Waals surface area contributed by atoms with Crippen molar-refractivity contribution in [3.63, 3.8) is 0 Å². The van der Waals surface area contributed by atoms with Gasteiger partial charge in [-0.15, -0.1) is 5.10 Å². The molecule has 1 aliphatic rings. The van der Waals surface area contributed by atoms with E-state index >= 15 is 0 Å². The lowest BCUT2D eigenvalue weighted by molar-refractivity contribution is -0.142. The van der Waals surface area contributed by atoms with Gasteiger partial charge in [-0.05, 0) is 20.3 Å². The van der Waals surface area contributed by atoms with Gasteiger partial charge in [-0.2, -0.15) is 0 Å². The summed E-state index contributed by atoms with van der Waals surface area (Å²) in [5, 5.41) is 8.22. The van der Waals surface area contributed by atoms with Gasteiger partial charge in [0.05, 0.1) is 18.8 Å². The first kappa shape index (κ1) is 12.5. The lowest BCUT2D eigenvalue weighted by Gasteiger charge is -2.13. The van der Waals surface area contributed by atoms with Crippen molar-refractivity contribution in [2.24, 2.45) is 0 Å². The van der Waals surface area contributed by atoms with E-state index in [0.29, 0.717) is 25.9 Å². The summed E-state index contributed by atoms with van der Waals surface area (Å²) in [4.78, 5) is 0. The Labute approximate surface area is 101 Å². The summed E-state index contributed by atoms with van der Waals surface area (Å²) in [6.45, 7) is 6.54. The third-order valence-electron chi connectivity index (χ3n) is 2.69. The third kappa shape index (κ3) is 3.02. The van der Waals surface area contributed by atoms with Gasteiger partial charge in [0.15, 0.2) is 0 Å². The Morgan fingerprint density at radius 3 is 2.82 bits per heavy atom. The Bertz CT molecular complexity index is 330. The molecule has 1 aromatic heterocycles. The van der Waals surface area contributed by atoms with Gasteiger partial charge in [-0.25, -0.2) is 4.68 Å². The molecular weight excluding hydrogens is 222 g/mol. The van der Waals surface area contributed by atoms with Crippen molar-refractivity contribution in [1.82, 2.24) is 15.0 Å². The maximum atomic E-state index is 5.48. The predicted molar refractivity (Wildman–Crippen MR) is 60.5 cm³/mol. The quantitative estimate of drug-likeness (QED) is 0.703. The molecule has 0 spiro atoms. The molecule has 1 aromatic rings. The van der Waals surface area contributed by atoms with Gasteiger partial charge in [0.1, 0.15) is 5.69 Å². The largest absolute Gasteiger partial charge is 0.379 e. The first-order chi connectivity index (χ1) is 8.35. The molecule has 1 saturated heterocycles. The molecule has 1 unspecified atom stereocenters. The molecule has 6 heteroatoms. The molecule has 0 amide bonds. The molecule has 2 rings (SSSR count). The molecule has 17 heavy (non-hydrogen) atoms. The van der Waals surface area contributed by atoms with E-state index in [0.717, 1.165) is 18.7 Å². The zero-order chi connectivity index (χ0) is 12.1. The molecule has 6 nitrogen and oxygen atoms in total.